The Morgan fingerprint density at radius 3 is 2.30 bits per heavy atom. The molecule has 0 bridgehead atoms. The highest BCUT2D eigenvalue weighted by molar-refractivity contribution is 5.33. The zero-order valence-electron chi connectivity index (χ0n) is 15.5. The highest BCUT2D eigenvalue weighted by atomic mass is 16.5. The Labute approximate surface area is 159 Å². The predicted octanol–water partition coefficient (Wildman–Crippen LogP) is 3.49. The van der Waals surface area contributed by atoms with Crippen LogP contribution in [0.2, 0.25) is 0 Å². The Balaban J connectivity index is 1.29. The van der Waals surface area contributed by atoms with E-state index in [9.17, 15) is 0 Å². The molecule has 0 amide bonds. The summed E-state index contributed by atoms with van der Waals surface area (Å²) >= 11 is 0. The molecule has 0 atom stereocenters. The van der Waals surface area contributed by atoms with E-state index in [2.05, 4.69) is 38.1 Å². The van der Waals surface area contributed by atoms with Crippen molar-refractivity contribution < 1.29 is 9.26 Å². The Morgan fingerprint density at radius 1 is 0.889 bits per heavy atom. The first-order valence-electron chi connectivity index (χ1n) is 9.30. The van der Waals surface area contributed by atoms with Crippen molar-refractivity contribution in [3.05, 3.63) is 71.9 Å². The second-order valence-corrected chi connectivity index (χ2v) is 6.84. The molecular formula is C21H24N4O2. The van der Waals surface area contributed by atoms with Crippen LogP contribution in [0.5, 0.6) is 11.5 Å². The number of aromatic nitrogens is 2. The summed E-state index contributed by atoms with van der Waals surface area (Å²) in [5.74, 6) is 3.14. The van der Waals surface area contributed by atoms with Gasteiger partial charge in [0.1, 0.15) is 11.5 Å². The molecule has 0 aliphatic carbocycles. The summed E-state index contributed by atoms with van der Waals surface area (Å²) in [6.07, 6.45) is 0. The fraction of sp³-hybridized carbons (Fsp3) is 0.333. The van der Waals surface area contributed by atoms with Gasteiger partial charge >= 0.3 is 0 Å². The second-order valence-electron chi connectivity index (χ2n) is 6.84. The number of benzene rings is 2. The van der Waals surface area contributed by atoms with Gasteiger partial charge in [0, 0.05) is 39.6 Å². The molecule has 0 radical (unpaired) electrons. The van der Waals surface area contributed by atoms with Crippen LogP contribution >= 0.6 is 0 Å². The van der Waals surface area contributed by atoms with E-state index in [-0.39, 0.29) is 0 Å². The van der Waals surface area contributed by atoms with E-state index in [1.807, 2.05) is 43.3 Å². The van der Waals surface area contributed by atoms with Crippen LogP contribution in [0, 0.1) is 6.92 Å². The molecule has 0 N–H and O–H groups in total. The van der Waals surface area contributed by atoms with Crippen LogP contribution in [0.1, 0.15) is 17.3 Å². The number of para-hydroxylation sites is 1. The van der Waals surface area contributed by atoms with Gasteiger partial charge in [0.15, 0.2) is 5.82 Å². The Morgan fingerprint density at radius 2 is 1.59 bits per heavy atom. The number of ether oxygens (including phenoxy) is 1. The van der Waals surface area contributed by atoms with Crippen LogP contribution in [0.4, 0.5) is 0 Å². The fourth-order valence-corrected chi connectivity index (χ4v) is 3.30. The highest BCUT2D eigenvalue weighted by Crippen LogP contribution is 2.22. The highest BCUT2D eigenvalue weighted by Gasteiger charge is 2.18. The molecule has 6 heteroatoms. The molecule has 3 aromatic rings. The minimum atomic E-state index is 0.626. The maximum Gasteiger partial charge on any atom is 0.223 e. The number of hydrogen-bond donors (Lipinski definition) is 0. The topological polar surface area (TPSA) is 54.6 Å². The van der Waals surface area contributed by atoms with Crippen molar-refractivity contribution in [2.24, 2.45) is 0 Å². The molecular weight excluding hydrogens is 340 g/mol. The van der Waals surface area contributed by atoms with Crippen molar-refractivity contribution in [1.82, 2.24) is 19.9 Å². The summed E-state index contributed by atoms with van der Waals surface area (Å²) < 4.78 is 11.0. The summed E-state index contributed by atoms with van der Waals surface area (Å²) in [6.45, 7) is 7.58. The van der Waals surface area contributed by atoms with Crippen molar-refractivity contribution in [2.75, 3.05) is 26.2 Å². The van der Waals surface area contributed by atoms with Crippen LogP contribution in [0.3, 0.4) is 0 Å². The smallest absolute Gasteiger partial charge is 0.223 e. The van der Waals surface area contributed by atoms with Crippen LogP contribution in [-0.4, -0.2) is 46.1 Å². The minimum absolute atomic E-state index is 0.626. The molecule has 1 aliphatic rings. The standard InChI is InChI=1S/C21H24N4O2/c1-17-22-21(23-27-17)16-25-12-10-24(11-13-25)15-18-6-5-9-20(14-18)26-19-7-3-2-4-8-19/h2-9,14H,10-13,15-16H2,1H3. The Hall–Kier alpha value is -2.70. The monoisotopic (exact) mass is 364 g/mol. The third-order valence-corrected chi connectivity index (χ3v) is 4.68. The fourth-order valence-electron chi connectivity index (χ4n) is 3.30. The molecule has 2 heterocycles. The summed E-state index contributed by atoms with van der Waals surface area (Å²) in [4.78, 5) is 9.13. The van der Waals surface area contributed by atoms with Crippen molar-refractivity contribution in [1.29, 1.82) is 0 Å². The summed E-state index contributed by atoms with van der Waals surface area (Å²) in [5, 5.41) is 3.99. The summed E-state index contributed by atoms with van der Waals surface area (Å²) in [6, 6.07) is 18.2. The van der Waals surface area contributed by atoms with Gasteiger partial charge in [-0.15, -0.1) is 0 Å². The van der Waals surface area contributed by atoms with Crippen molar-refractivity contribution in [3.63, 3.8) is 0 Å². The molecule has 0 saturated carbocycles. The molecule has 4 rings (SSSR count). The minimum Gasteiger partial charge on any atom is -0.457 e. The first-order chi connectivity index (χ1) is 13.2. The molecule has 1 aromatic heterocycles. The van der Waals surface area contributed by atoms with E-state index in [1.54, 1.807) is 0 Å². The molecule has 140 valence electrons. The molecule has 1 aliphatic heterocycles. The van der Waals surface area contributed by atoms with E-state index in [0.717, 1.165) is 56.6 Å². The summed E-state index contributed by atoms with van der Waals surface area (Å²) in [5.41, 5.74) is 1.27. The van der Waals surface area contributed by atoms with Gasteiger partial charge in [0.05, 0.1) is 6.54 Å². The van der Waals surface area contributed by atoms with E-state index in [4.69, 9.17) is 9.26 Å². The van der Waals surface area contributed by atoms with Gasteiger partial charge in [-0.3, -0.25) is 9.80 Å². The van der Waals surface area contributed by atoms with Crippen molar-refractivity contribution >= 4 is 0 Å². The number of hydrogen-bond acceptors (Lipinski definition) is 6. The van der Waals surface area contributed by atoms with Gasteiger partial charge in [-0.25, -0.2) is 0 Å². The Bertz CT molecular complexity index is 857. The maximum atomic E-state index is 5.94. The maximum absolute atomic E-state index is 5.94. The quantitative estimate of drug-likeness (QED) is 0.667. The van der Waals surface area contributed by atoms with E-state index in [1.165, 1.54) is 5.56 Å². The molecule has 27 heavy (non-hydrogen) atoms. The predicted molar refractivity (Wildman–Crippen MR) is 103 cm³/mol. The van der Waals surface area contributed by atoms with Gasteiger partial charge in [-0.1, -0.05) is 35.5 Å². The number of rotatable bonds is 6. The zero-order chi connectivity index (χ0) is 18.5. The van der Waals surface area contributed by atoms with Crippen LogP contribution in [0.15, 0.2) is 59.1 Å². The lowest BCUT2D eigenvalue weighted by molar-refractivity contribution is 0.119. The largest absolute Gasteiger partial charge is 0.457 e. The van der Waals surface area contributed by atoms with Gasteiger partial charge in [0.25, 0.3) is 0 Å². The van der Waals surface area contributed by atoms with E-state index < -0.39 is 0 Å². The lowest BCUT2D eigenvalue weighted by atomic mass is 10.2. The summed E-state index contributed by atoms with van der Waals surface area (Å²) in [7, 11) is 0. The molecule has 6 nitrogen and oxygen atoms in total. The SMILES string of the molecule is Cc1nc(CN2CCN(Cc3cccc(Oc4ccccc4)c3)CC2)no1. The first-order valence-corrected chi connectivity index (χ1v) is 9.30. The molecule has 0 unspecified atom stereocenters. The van der Waals surface area contributed by atoms with Crippen molar-refractivity contribution in [2.45, 2.75) is 20.0 Å². The van der Waals surface area contributed by atoms with Crippen LogP contribution < -0.4 is 4.74 Å². The third kappa shape index (κ3) is 4.93. The normalized spacial score (nSPS) is 15.7. The van der Waals surface area contributed by atoms with Gasteiger partial charge in [-0.05, 0) is 29.8 Å². The first kappa shape index (κ1) is 17.7. The van der Waals surface area contributed by atoms with Crippen LogP contribution in [-0.2, 0) is 13.1 Å². The lowest BCUT2D eigenvalue weighted by Crippen LogP contribution is -2.45. The molecule has 0 spiro atoms. The van der Waals surface area contributed by atoms with Crippen molar-refractivity contribution in [3.8, 4) is 11.5 Å². The number of aryl methyl sites for hydroxylation is 1. The van der Waals surface area contributed by atoms with Gasteiger partial charge < -0.3 is 9.26 Å². The van der Waals surface area contributed by atoms with E-state index >= 15 is 0 Å². The molecule has 2 aromatic carbocycles. The molecule has 1 saturated heterocycles. The Kier molecular flexibility index (Phi) is 5.46. The van der Waals surface area contributed by atoms with Crippen LogP contribution in [0.25, 0.3) is 0 Å². The lowest BCUT2D eigenvalue weighted by Gasteiger charge is -2.34. The average Bonchev–Trinajstić information content (AvgIpc) is 3.09. The number of piperazine rings is 1. The zero-order valence-corrected chi connectivity index (χ0v) is 15.5. The van der Waals surface area contributed by atoms with Gasteiger partial charge in [0.2, 0.25) is 5.89 Å². The third-order valence-electron chi connectivity index (χ3n) is 4.68. The van der Waals surface area contributed by atoms with E-state index in [0.29, 0.717) is 5.89 Å². The average molecular weight is 364 g/mol. The second kappa shape index (κ2) is 8.33. The van der Waals surface area contributed by atoms with Gasteiger partial charge in [-0.2, -0.15) is 4.98 Å². The molecule has 1 fully saturated rings. The number of nitrogens with zero attached hydrogens (tertiary/aromatic N) is 4.